The van der Waals surface area contributed by atoms with Gasteiger partial charge in [-0.1, -0.05) is 6.07 Å². The molecule has 1 heterocycles. The van der Waals surface area contributed by atoms with Gasteiger partial charge < -0.3 is 10.1 Å². The number of carboxylic acid groups (broad SMARTS) is 1. The van der Waals surface area contributed by atoms with E-state index in [2.05, 4.69) is 20.9 Å². The molecule has 2 aromatic rings. The van der Waals surface area contributed by atoms with Crippen LogP contribution in [0.5, 0.6) is 0 Å². The van der Waals surface area contributed by atoms with Gasteiger partial charge in [-0.05, 0) is 70.1 Å². The summed E-state index contributed by atoms with van der Waals surface area (Å²) < 4.78 is 14.3. The zero-order valence-electron chi connectivity index (χ0n) is 12.0. The number of H-pyrrole nitrogens is 1. The second-order valence-electron chi connectivity index (χ2n) is 5.37. The Morgan fingerprint density at radius 1 is 1.22 bits per heavy atom. The van der Waals surface area contributed by atoms with Crippen LogP contribution in [0.25, 0.3) is 11.1 Å². The number of aromatic amines is 1. The summed E-state index contributed by atoms with van der Waals surface area (Å²) in [7, 11) is 0. The SMILES string of the molecule is O=C(O)c1cc(C2=C(c3cc(Br)c[nH]c3=O)CCC2)ccc1F. The molecule has 23 heavy (non-hydrogen) atoms. The number of hydrogen-bond acceptors (Lipinski definition) is 2. The molecule has 6 heteroatoms. The summed E-state index contributed by atoms with van der Waals surface area (Å²) in [5.41, 5.74) is 2.45. The highest BCUT2D eigenvalue weighted by Crippen LogP contribution is 2.39. The molecule has 3 rings (SSSR count). The van der Waals surface area contributed by atoms with Gasteiger partial charge in [0.15, 0.2) is 0 Å². The summed E-state index contributed by atoms with van der Waals surface area (Å²) in [6, 6.07) is 5.81. The monoisotopic (exact) mass is 377 g/mol. The molecule has 0 aliphatic heterocycles. The van der Waals surface area contributed by atoms with Crippen LogP contribution in [-0.4, -0.2) is 16.1 Å². The summed E-state index contributed by atoms with van der Waals surface area (Å²) in [6.45, 7) is 0. The first-order valence-corrected chi connectivity index (χ1v) is 7.90. The number of allylic oxidation sites excluding steroid dienone is 2. The molecule has 0 saturated carbocycles. The Labute approximate surface area is 139 Å². The average Bonchev–Trinajstić information content (AvgIpc) is 2.99. The molecular formula is C17H13BrFNO3. The van der Waals surface area contributed by atoms with Gasteiger partial charge in [0.25, 0.3) is 5.56 Å². The molecule has 0 spiro atoms. The van der Waals surface area contributed by atoms with Crippen LogP contribution in [-0.2, 0) is 0 Å². The molecule has 1 aromatic carbocycles. The predicted octanol–water partition coefficient (Wildman–Crippen LogP) is 4.07. The predicted molar refractivity (Wildman–Crippen MR) is 88.8 cm³/mol. The Kier molecular flexibility index (Phi) is 4.17. The number of carboxylic acids is 1. The van der Waals surface area contributed by atoms with Crippen LogP contribution in [0.15, 0.2) is 39.7 Å². The van der Waals surface area contributed by atoms with Crippen LogP contribution in [0.2, 0.25) is 0 Å². The standard InChI is InChI=1S/C17H13BrFNO3/c18-10-7-13(16(21)20-8-10)12-3-1-2-11(12)9-4-5-15(19)14(6-9)17(22)23/h4-8H,1-3H2,(H,20,21)(H,22,23). The lowest BCUT2D eigenvalue weighted by Gasteiger charge is -2.09. The topological polar surface area (TPSA) is 70.2 Å². The molecule has 1 aliphatic carbocycles. The first kappa shape index (κ1) is 15.7. The lowest BCUT2D eigenvalue weighted by molar-refractivity contribution is 0.0692. The molecule has 0 saturated heterocycles. The Morgan fingerprint density at radius 3 is 2.70 bits per heavy atom. The van der Waals surface area contributed by atoms with E-state index in [9.17, 15) is 14.0 Å². The van der Waals surface area contributed by atoms with Gasteiger partial charge in [-0.15, -0.1) is 0 Å². The summed E-state index contributed by atoms with van der Waals surface area (Å²) in [5.74, 6) is -2.06. The fourth-order valence-electron chi connectivity index (χ4n) is 2.92. The van der Waals surface area contributed by atoms with Crippen LogP contribution in [0.3, 0.4) is 0 Å². The van der Waals surface area contributed by atoms with Gasteiger partial charge in [0.1, 0.15) is 5.82 Å². The molecule has 0 fully saturated rings. The Bertz CT molecular complexity index is 886. The van der Waals surface area contributed by atoms with E-state index in [4.69, 9.17) is 5.11 Å². The molecule has 4 nitrogen and oxygen atoms in total. The van der Waals surface area contributed by atoms with Crippen LogP contribution in [0.1, 0.15) is 40.7 Å². The smallest absolute Gasteiger partial charge is 0.338 e. The Hall–Kier alpha value is -2.21. The van der Waals surface area contributed by atoms with Crippen molar-refractivity contribution in [1.82, 2.24) is 4.98 Å². The van der Waals surface area contributed by atoms with Crippen molar-refractivity contribution in [3.63, 3.8) is 0 Å². The van der Waals surface area contributed by atoms with Crippen molar-refractivity contribution in [2.75, 3.05) is 0 Å². The Balaban J connectivity index is 2.17. The molecule has 0 amide bonds. The van der Waals surface area contributed by atoms with Gasteiger partial charge in [-0.2, -0.15) is 0 Å². The van der Waals surface area contributed by atoms with Gasteiger partial charge in [-0.3, -0.25) is 4.79 Å². The van der Waals surface area contributed by atoms with E-state index in [1.54, 1.807) is 18.3 Å². The molecule has 0 radical (unpaired) electrons. The number of benzene rings is 1. The van der Waals surface area contributed by atoms with Crippen molar-refractivity contribution in [3.05, 3.63) is 67.8 Å². The van der Waals surface area contributed by atoms with Crippen LogP contribution in [0, 0.1) is 5.82 Å². The van der Waals surface area contributed by atoms with Crippen LogP contribution < -0.4 is 5.56 Å². The first-order valence-electron chi connectivity index (χ1n) is 7.11. The quantitative estimate of drug-likeness (QED) is 0.846. The van der Waals surface area contributed by atoms with E-state index >= 15 is 0 Å². The second kappa shape index (κ2) is 6.12. The van der Waals surface area contributed by atoms with Crippen molar-refractivity contribution in [3.8, 4) is 0 Å². The first-order chi connectivity index (χ1) is 11.0. The van der Waals surface area contributed by atoms with Crippen LogP contribution >= 0.6 is 15.9 Å². The highest BCUT2D eigenvalue weighted by molar-refractivity contribution is 9.10. The van der Waals surface area contributed by atoms with E-state index < -0.39 is 11.8 Å². The minimum Gasteiger partial charge on any atom is -0.478 e. The molecule has 118 valence electrons. The fourth-order valence-corrected chi connectivity index (χ4v) is 3.26. The second-order valence-corrected chi connectivity index (χ2v) is 6.29. The summed E-state index contributed by atoms with van der Waals surface area (Å²) in [6.07, 6.45) is 3.90. The normalized spacial score (nSPS) is 14.3. The maximum Gasteiger partial charge on any atom is 0.338 e. The third-order valence-corrected chi connectivity index (χ3v) is 4.41. The van der Waals surface area contributed by atoms with Crippen LogP contribution in [0.4, 0.5) is 4.39 Å². The van der Waals surface area contributed by atoms with E-state index in [1.807, 2.05) is 0 Å². The number of aromatic carboxylic acids is 1. The van der Waals surface area contributed by atoms with Crippen molar-refractivity contribution >= 4 is 33.0 Å². The van der Waals surface area contributed by atoms with Crippen molar-refractivity contribution in [2.24, 2.45) is 0 Å². The zero-order chi connectivity index (χ0) is 16.6. The van der Waals surface area contributed by atoms with Gasteiger partial charge in [0, 0.05) is 16.2 Å². The number of halogens is 2. The van der Waals surface area contributed by atoms with E-state index in [0.717, 1.165) is 40.9 Å². The number of pyridine rings is 1. The molecule has 2 N–H and O–H groups in total. The van der Waals surface area contributed by atoms with E-state index in [1.165, 1.54) is 6.07 Å². The highest BCUT2D eigenvalue weighted by Gasteiger charge is 2.21. The maximum atomic E-state index is 13.6. The minimum atomic E-state index is -1.30. The number of rotatable bonds is 3. The molecule has 0 atom stereocenters. The molecule has 1 aliphatic rings. The van der Waals surface area contributed by atoms with E-state index in [0.29, 0.717) is 11.1 Å². The molecule has 0 unspecified atom stereocenters. The maximum absolute atomic E-state index is 13.6. The van der Waals surface area contributed by atoms with Crippen molar-refractivity contribution in [1.29, 1.82) is 0 Å². The van der Waals surface area contributed by atoms with Gasteiger partial charge >= 0.3 is 5.97 Å². The molecule has 1 aromatic heterocycles. The summed E-state index contributed by atoms with van der Waals surface area (Å²) in [4.78, 5) is 25.9. The zero-order valence-corrected chi connectivity index (χ0v) is 13.6. The number of aromatic nitrogens is 1. The van der Waals surface area contributed by atoms with Crippen molar-refractivity contribution < 1.29 is 14.3 Å². The average molecular weight is 378 g/mol. The molecular weight excluding hydrogens is 365 g/mol. The summed E-state index contributed by atoms with van der Waals surface area (Å²) >= 11 is 3.34. The number of nitrogens with one attached hydrogen (secondary N) is 1. The van der Waals surface area contributed by atoms with Gasteiger partial charge in [-0.25, -0.2) is 9.18 Å². The fraction of sp³-hybridized carbons (Fsp3) is 0.176. The third kappa shape index (κ3) is 2.99. The molecule has 0 bridgehead atoms. The number of hydrogen-bond donors (Lipinski definition) is 2. The van der Waals surface area contributed by atoms with Crippen molar-refractivity contribution in [2.45, 2.75) is 19.3 Å². The lowest BCUT2D eigenvalue weighted by atomic mass is 9.96. The van der Waals surface area contributed by atoms with Gasteiger partial charge in [0.2, 0.25) is 0 Å². The number of carbonyl (C=O) groups is 1. The van der Waals surface area contributed by atoms with Gasteiger partial charge in [0.05, 0.1) is 5.56 Å². The highest BCUT2D eigenvalue weighted by atomic mass is 79.9. The summed E-state index contributed by atoms with van der Waals surface area (Å²) in [5, 5.41) is 9.08. The lowest BCUT2D eigenvalue weighted by Crippen LogP contribution is -2.11. The minimum absolute atomic E-state index is 0.192. The largest absolute Gasteiger partial charge is 0.478 e. The Morgan fingerprint density at radius 2 is 1.96 bits per heavy atom. The third-order valence-electron chi connectivity index (χ3n) is 3.96. The van der Waals surface area contributed by atoms with E-state index in [-0.39, 0.29) is 11.1 Å².